The third-order valence-electron chi connectivity index (χ3n) is 5.18. The number of hydrogen-bond acceptors (Lipinski definition) is 3. The second kappa shape index (κ2) is 5.17. The van der Waals surface area contributed by atoms with Gasteiger partial charge < -0.3 is 16.4 Å². The standard InChI is InChI=1S/C14H27N3O/c1-10-5-3-4-6-12(10)17(2)11-7-8-14(16,9-11)13(15)18/h10-12H,3-9,16H2,1-2H3,(H2,15,18). The SMILES string of the molecule is CC1CCCCC1N(C)C1CCC(N)(C(N)=O)C1. The van der Waals surface area contributed by atoms with Crippen LogP contribution in [0.3, 0.4) is 0 Å². The summed E-state index contributed by atoms with van der Waals surface area (Å²) in [4.78, 5) is 13.9. The predicted molar refractivity (Wildman–Crippen MR) is 72.9 cm³/mol. The normalized spacial score (nSPS) is 41.2. The van der Waals surface area contributed by atoms with E-state index in [0.29, 0.717) is 12.1 Å². The highest BCUT2D eigenvalue weighted by Crippen LogP contribution is 2.35. The molecule has 4 N–H and O–H groups in total. The van der Waals surface area contributed by atoms with Crippen molar-refractivity contribution < 1.29 is 4.79 Å². The summed E-state index contributed by atoms with van der Waals surface area (Å²) in [7, 11) is 2.20. The van der Waals surface area contributed by atoms with Crippen LogP contribution in [0.1, 0.15) is 51.9 Å². The Morgan fingerprint density at radius 2 is 1.94 bits per heavy atom. The Labute approximate surface area is 110 Å². The van der Waals surface area contributed by atoms with Crippen LogP contribution in [0.5, 0.6) is 0 Å². The minimum atomic E-state index is -0.767. The van der Waals surface area contributed by atoms with E-state index in [-0.39, 0.29) is 5.91 Å². The molecule has 4 heteroatoms. The zero-order valence-electron chi connectivity index (χ0n) is 11.7. The molecule has 0 aromatic carbocycles. The van der Waals surface area contributed by atoms with E-state index >= 15 is 0 Å². The molecule has 104 valence electrons. The maximum Gasteiger partial charge on any atom is 0.237 e. The van der Waals surface area contributed by atoms with Gasteiger partial charge in [0.25, 0.3) is 0 Å². The first-order valence-corrected chi connectivity index (χ1v) is 7.25. The van der Waals surface area contributed by atoms with Crippen molar-refractivity contribution in [2.24, 2.45) is 17.4 Å². The fraction of sp³-hybridized carbons (Fsp3) is 0.929. The van der Waals surface area contributed by atoms with Crippen LogP contribution in [-0.4, -0.2) is 35.5 Å². The van der Waals surface area contributed by atoms with Gasteiger partial charge in [-0.05, 0) is 45.1 Å². The third kappa shape index (κ3) is 2.54. The number of nitrogens with zero attached hydrogens (tertiary/aromatic N) is 1. The zero-order chi connectivity index (χ0) is 13.3. The van der Waals surface area contributed by atoms with E-state index in [1.807, 2.05) is 0 Å². The summed E-state index contributed by atoms with van der Waals surface area (Å²) in [5.74, 6) is 0.417. The minimum absolute atomic E-state index is 0.338. The smallest absolute Gasteiger partial charge is 0.237 e. The molecule has 0 bridgehead atoms. The second-order valence-electron chi connectivity index (χ2n) is 6.41. The van der Waals surface area contributed by atoms with E-state index in [1.165, 1.54) is 25.7 Å². The summed E-state index contributed by atoms with van der Waals surface area (Å²) in [6.07, 6.45) is 7.75. The number of carbonyl (C=O) groups excluding carboxylic acids is 1. The number of hydrogen-bond donors (Lipinski definition) is 2. The van der Waals surface area contributed by atoms with Crippen LogP contribution in [-0.2, 0) is 4.79 Å². The van der Waals surface area contributed by atoms with Crippen molar-refractivity contribution in [3.05, 3.63) is 0 Å². The molecule has 4 nitrogen and oxygen atoms in total. The Morgan fingerprint density at radius 1 is 1.28 bits per heavy atom. The van der Waals surface area contributed by atoms with Crippen molar-refractivity contribution in [3.8, 4) is 0 Å². The molecule has 4 unspecified atom stereocenters. The molecule has 4 atom stereocenters. The Morgan fingerprint density at radius 3 is 2.50 bits per heavy atom. The largest absolute Gasteiger partial charge is 0.368 e. The van der Waals surface area contributed by atoms with Crippen molar-refractivity contribution in [1.29, 1.82) is 0 Å². The van der Waals surface area contributed by atoms with Gasteiger partial charge in [0.05, 0.1) is 5.54 Å². The molecule has 2 rings (SSSR count). The van der Waals surface area contributed by atoms with E-state index in [1.54, 1.807) is 0 Å². The monoisotopic (exact) mass is 253 g/mol. The molecular formula is C14H27N3O. The van der Waals surface area contributed by atoms with Crippen LogP contribution >= 0.6 is 0 Å². The molecule has 2 saturated carbocycles. The highest BCUT2D eigenvalue weighted by molar-refractivity contribution is 5.84. The molecule has 0 aliphatic heterocycles. The molecule has 0 saturated heterocycles. The van der Waals surface area contributed by atoms with Crippen LogP contribution in [0.4, 0.5) is 0 Å². The lowest BCUT2D eigenvalue weighted by Gasteiger charge is -2.40. The van der Waals surface area contributed by atoms with E-state index in [2.05, 4.69) is 18.9 Å². The first-order chi connectivity index (χ1) is 8.44. The molecule has 0 aromatic rings. The summed E-state index contributed by atoms with van der Waals surface area (Å²) in [6, 6.07) is 1.08. The molecule has 0 radical (unpaired) electrons. The quantitative estimate of drug-likeness (QED) is 0.794. The van der Waals surface area contributed by atoms with E-state index in [0.717, 1.165) is 25.2 Å². The third-order valence-corrected chi connectivity index (χ3v) is 5.18. The van der Waals surface area contributed by atoms with Crippen molar-refractivity contribution in [1.82, 2.24) is 4.90 Å². The Kier molecular flexibility index (Phi) is 3.97. The fourth-order valence-corrected chi connectivity index (χ4v) is 3.79. The number of primary amides is 1. The highest BCUT2D eigenvalue weighted by Gasteiger charge is 2.43. The van der Waals surface area contributed by atoms with Gasteiger partial charge in [0.1, 0.15) is 0 Å². The summed E-state index contributed by atoms with van der Waals surface area (Å²) in [5.41, 5.74) is 10.7. The summed E-state index contributed by atoms with van der Waals surface area (Å²) in [5, 5.41) is 0. The van der Waals surface area contributed by atoms with Crippen LogP contribution in [0.25, 0.3) is 0 Å². The van der Waals surface area contributed by atoms with Crippen LogP contribution in [0, 0.1) is 5.92 Å². The molecule has 18 heavy (non-hydrogen) atoms. The van der Waals surface area contributed by atoms with Crippen molar-refractivity contribution >= 4 is 5.91 Å². The van der Waals surface area contributed by atoms with Gasteiger partial charge in [0.15, 0.2) is 0 Å². The van der Waals surface area contributed by atoms with Gasteiger partial charge in [-0.1, -0.05) is 19.8 Å². The molecule has 0 heterocycles. The molecule has 0 spiro atoms. The average molecular weight is 253 g/mol. The fourth-order valence-electron chi connectivity index (χ4n) is 3.79. The van der Waals surface area contributed by atoms with Gasteiger partial charge in [0.2, 0.25) is 5.91 Å². The highest BCUT2D eigenvalue weighted by atomic mass is 16.1. The first kappa shape index (κ1) is 13.8. The summed E-state index contributed by atoms with van der Waals surface area (Å²) in [6.45, 7) is 2.35. The predicted octanol–water partition coefficient (Wildman–Crippen LogP) is 1.23. The number of carbonyl (C=O) groups is 1. The molecule has 1 amide bonds. The van der Waals surface area contributed by atoms with E-state index in [9.17, 15) is 4.79 Å². The number of amides is 1. The molecule has 2 fully saturated rings. The van der Waals surface area contributed by atoms with Crippen molar-refractivity contribution in [3.63, 3.8) is 0 Å². The Balaban J connectivity index is 1.98. The van der Waals surface area contributed by atoms with Gasteiger partial charge in [-0.3, -0.25) is 4.79 Å². The van der Waals surface area contributed by atoms with Crippen molar-refractivity contribution in [2.45, 2.75) is 69.5 Å². The van der Waals surface area contributed by atoms with Gasteiger partial charge in [-0.15, -0.1) is 0 Å². The molecular weight excluding hydrogens is 226 g/mol. The Hall–Kier alpha value is -0.610. The maximum atomic E-state index is 11.4. The molecule has 2 aliphatic rings. The summed E-state index contributed by atoms with van der Waals surface area (Å²) >= 11 is 0. The number of nitrogens with two attached hydrogens (primary N) is 2. The van der Waals surface area contributed by atoms with Crippen molar-refractivity contribution in [2.75, 3.05) is 7.05 Å². The van der Waals surface area contributed by atoms with Gasteiger partial charge in [-0.2, -0.15) is 0 Å². The van der Waals surface area contributed by atoms with Gasteiger partial charge in [-0.25, -0.2) is 0 Å². The average Bonchev–Trinajstić information content (AvgIpc) is 2.73. The lowest BCUT2D eigenvalue weighted by atomic mass is 9.84. The first-order valence-electron chi connectivity index (χ1n) is 7.25. The van der Waals surface area contributed by atoms with E-state index < -0.39 is 5.54 Å². The van der Waals surface area contributed by atoms with Gasteiger partial charge >= 0.3 is 0 Å². The maximum absolute atomic E-state index is 11.4. The lowest BCUT2D eigenvalue weighted by Crippen LogP contribution is -2.52. The lowest BCUT2D eigenvalue weighted by molar-refractivity contribution is -0.123. The summed E-state index contributed by atoms with van der Waals surface area (Å²) < 4.78 is 0. The Bertz CT molecular complexity index is 320. The topological polar surface area (TPSA) is 72.3 Å². The minimum Gasteiger partial charge on any atom is -0.368 e. The van der Waals surface area contributed by atoms with E-state index in [4.69, 9.17) is 11.5 Å². The second-order valence-corrected chi connectivity index (χ2v) is 6.41. The molecule has 0 aromatic heterocycles. The van der Waals surface area contributed by atoms with Crippen LogP contribution in [0.2, 0.25) is 0 Å². The van der Waals surface area contributed by atoms with Crippen LogP contribution < -0.4 is 11.5 Å². The van der Waals surface area contributed by atoms with Crippen LogP contribution in [0.15, 0.2) is 0 Å². The van der Waals surface area contributed by atoms with Gasteiger partial charge in [0, 0.05) is 12.1 Å². The zero-order valence-corrected chi connectivity index (χ0v) is 11.7. The molecule has 2 aliphatic carbocycles. The number of rotatable bonds is 3.